The summed E-state index contributed by atoms with van der Waals surface area (Å²) in [5.74, 6) is 1.68. The minimum atomic E-state index is -1.17. The van der Waals surface area contributed by atoms with Crippen LogP contribution in [0.4, 0.5) is 15.0 Å². The van der Waals surface area contributed by atoms with Crippen molar-refractivity contribution in [2.45, 2.75) is 70.4 Å². The lowest BCUT2D eigenvalue weighted by molar-refractivity contribution is -0.120. The largest absolute Gasteiger partial charge is 0.487 e. The second-order valence-corrected chi connectivity index (χ2v) is 11.3. The average molecular weight is 533 g/mol. The third-order valence-corrected chi connectivity index (χ3v) is 8.30. The molecule has 3 aromatic rings. The molecule has 1 saturated carbocycles. The fraction of sp³-hybridized carbons (Fsp3) is 0.448. The molecule has 0 bridgehead atoms. The van der Waals surface area contributed by atoms with Gasteiger partial charge in [-0.05, 0) is 62.9 Å². The summed E-state index contributed by atoms with van der Waals surface area (Å²) in [5, 5.41) is 2.36. The number of aromatic nitrogens is 3. The van der Waals surface area contributed by atoms with Crippen LogP contribution in [0.5, 0.6) is 5.75 Å². The van der Waals surface area contributed by atoms with Crippen LogP contribution >= 0.6 is 0 Å². The third kappa shape index (κ3) is 4.56. The molecule has 2 aliphatic heterocycles. The first-order valence-corrected chi connectivity index (χ1v) is 13.4. The van der Waals surface area contributed by atoms with Crippen molar-refractivity contribution < 1.29 is 18.7 Å². The Morgan fingerprint density at radius 1 is 1.13 bits per heavy atom. The van der Waals surface area contributed by atoms with Gasteiger partial charge in [0.05, 0.1) is 17.4 Å². The van der Waals surface area contributed by atoms with E-state index in [1.54, 1.807) is 13.1 Å². The van der Waals surface area contributed by atoms with E-state index in [-0.39, 0.29) is 17.9 Å². The quantitative estimate of drug-likeness (QED) is 0.484. The van der Waals surface area contributed by atoms with Crippen molar-refractivity contribution in [3.63, 3.8) is 0 Å². The Bertz CT molecular complexity index is 1450. The van der Waals surface area contributed by atoms with Crippen LogP contribution in [0.25, 0.3) is 11.5 Å². The molecule has 0 spiro atoms. The van der Waals surface area contributed by atoms with Crippen molar-refractivity contribution in [3.05, 3.63) is 59.4 Å². The molecule has 204 valence electrons. The fourth-order valence-corrected chi connectivity index (χ4v) is 5.48. The fourth-order valence-electron chi connectivity index (χ4n) is 5.48. The average Bonchev–Trinajstić information content (AvgIpc) is 3.47. The normalized spacial score (nSPS) is 20.5. The number of pyridine rings is 1. The Kier molecular flexibility index (Phi) is 5.98. The van der Waals surface area contributed by atoms with Gasteiger partial charge >= 0.3 is 6.03 Å². The predicted octanol–water partition coefficient (Wildman–Crippen LogP) is 4.45. The second kappa shape index (κ2) is 9.15. The number of ether oxygens (including phenoxy) is 1. The molecule has 3 amide bonds. The molecule has 1 atom stereocenters. The first-order chi connectivity index (χ1) is 18.5. The van der Waals surface area contributed by atoms with Crippen molar-refractivity contribution in [2.24, 2.45) is 7.05 Å². The van der Waals surface area contributed by atoms with E-state index < -0.39 is 17.8 Å². The van der Waals surface area contributed by atoms with Crippen molar-refractivity contribution in [1.29, 1.82) is 0 Å². The summed E-state index contributed by atoms with van der Waals surface area (Å²) >= 11 is 0. The maximum atomic E-state index is 14.2. The number of nitrogens with zero attached hydrogens (tertiary/aromatic N) is 5. The van der Waals surface area contributed by atoms with E-state index in [1.165, 1.54) is 10.5 Å². The van der Waals surface area contributed by atoms with Crippen molar-refractivity contribution >= 4 is 17.8 Å². The van der Waals surface area contributed by atoms with Crippen LogP contribution < -0.4 is 15.0 Å². The molecular formula is C29H33FN6O3. The number of amides is 3. The number of carbonyl (C=O) groups excluding carboxylic acids is 2. The SMILES string of the molecule is CC(Oc1ccc(CN2Cc3ccc(-c4ncc(N5CCC(=O)NC5=O)n4C)nc3C2(C)C)cc1)C1(F)CC1. The first kappa shape index (κ1) is 25.5. The maximum Gasteiger partial charge on any atom is 0.329 e. The number of nitrogens with one attached hydrogen (secondary N) is 1. The maximum absolute atomic E-state index is 14.2. The minimum Gasteiger partial charge on any atom is -0.487 e. The zero-order valence-electron chi connectivity index (χ0n) is 22.7. The molecule has 1 saturated heterocycles. The predicted molar refractivity (Wildman–Crippen MR) is 144 cm³/mol. The highest BCUT2D eigenvalue weighted by Crippen LogP contribution is 2.44. The van der Waals surface area contributed by atoms with Crippen LogP contribution in [-0.4, -0.2) is 49.7 Å². The molecule has 2 fully saturated rings. The van der Waals surface area contributed by atoms with Gasteiger partial charge in [-0.1, -0.05) is 18.2 Å². The van der Waals surface area contributed by atoms with E-state index in [4.69, 9.17) is 9.72 Å². The molecule has 1 aliphatic carbocycles. The first-order valence-electron chi connectivity index (χ1n) is 13.4. The Morgan fingerprint density at radius 2 is 1.87 bits per heavy atom. The number of halogens is 1. The zero-order valence-corrected chi connectivity index (χ0v) is 22.7. The third-order valence-electron chi connectivity index (χ3n) is 8.30. The van der Waals surface area contributed by atoms with Crippen molar-refractivity contribution in [1.82, 2.24) is 24.8 Å². The molecule has 1 N–H and O–H groups in total. The van der Waals surface area contributed by atoms with Gasteiger partial charge in [-0.2, -0.15) is 0 Å². The van der Waals surface area contributed by atoms with Gasteiger partial charge in [0, 0.05) is 33.1 Å². The number of anilines is 1. The molecule has 39 heavy (non-hydrogen) atoms. The van der Waals surface area contributed by atoms with Gasteiger partial charge in [0.1, 0.15) is 29.0 Å². The molecule has 9 nitrogen and oxygen atoms in total. The topological polar surface area (TPSA) is 92.6 Å². The summed E-state index contributed by atoms with van der Waals surface area (Å²) in [4.78, 5) is 37.4. The molecule has 1 unspecified atom stereocenters. The van der Waals surface area contributed by atoms with Crippen molar-refractivity contribution in [2.75, 3.05) is 11.4 Å². The van der Waals surface area contributed by atoms with E-state index in [9.17, 15) is 14.0 Å². The van der Waals surface area contributed by atoms with Crippen LogP contribution in [0.3, 0.4) is 0 Å². The molecule has 0 radical (unpaired) electrons. The summed E-state index contributed by atoms with van der Waals surface area (Å²) in [7, 11) is 1.85. The van der Waals surface area contributed by atoms with Crippen LogP contribution in [0, 0.1) is 0 Å². The number of imidazole rings is 1. The van der Waals surface area contributed by atoms with Gasteiger partial charge in [-0.3, -0.25) is 19.9 Å². The van der Waals surface area contributed by atoms with E-state index in [2.05, 4.69) is 35.1 Å². The molecule has 2 aromatic heterocycles. The number of fused-ring (bicyclic) bond motifs is 1. The van der Waals surface area contributed by atoms with E-state index >= 15 is 0 Å². The number of alkyl halides is 1. The molecule has 4 heterocycles. The smallest absolute Gasteiger partial charge is 0.329 e. The Morgan fingerprint density at radius 3 is 2.56 bits per heavy atom. The van der Waals surface area contributed by atoms with Gasteiger partial charge in [-0.15, -0.1) is 0 Å². The van der Waals surface area contributed by atoms with Gasteiger partial charge in [0.25, 0.3) is 0 Å². The molecule has 3 aliphatic rings. The van der Waals surface area contributed by atoms with Crippen LogP contribution in [0.15, 0.2) is 42.6 Å². The zero-order chi connectivity index (χ0) is 27.5. The van der Waals surface area contributed by atoms with Crippen LogP contribution in [-0.2, 0) is 30.5 Å². The van der Waals surface area contributed by atoms with E-state index in [0.717, 1.165) is 30.0 Å². The summed E-state index contributed by atoms with van der Waals surface area (Å²) in [6, 6.07) is 11.5. The summed E-state index contributed by atoms with van der Waals surface area (Å²) in [5.41, 5.74) is 2.54. The Hall–Kier alpha value is -3.79. The lowest BCUT2D eigenvalue weighted by Crippen LogP contribution is -2.50. The molecule has 10 heteroatoms. The highest BCUT2D eigenvalue weighted by molar-refractivity contribution is 6.05. The monoisotopic (exact) mass is 532 g/mol. The van der Waals surface area contributed by atoms with Gasteiger partial charge in [0.15, 0.2) is 5.82 Å². The van der Waals surface area contributed by atoms with E-state index in [1.807, 2.05) is 41.9 Å². The summed E-state index contributed by atoms with van der Waals surface area (Å²) < 4.78 is 21.9. The van der Waals surface area contributed by atoms with Crippen LogP contribution in [0.2, 0.25) is 0 Å². The number of urea groups is 1. The van der Waals surface area contributed by atoms with E-state index in [0.29, 0.717) is 36.8 Å². The molecular weight excluding hydrogens is 499 g/mol. The summed E-state index contributed by atoms with van der Waals surface area (Å²) in [6.07, 6.45) is 2.60. The second-order valence-electron chi connectivity index (χ2n) is 11.3. The number of carbonyl (C=O) groups is 2. The van der Waals surface area contributed by atoms with Crippen LogP contribution in [0.1, 0.15) is 56.9 Å². The van der Waals surface area contributed by atoms with Crippen molar-refractivity contribution in [3.8, 4) is 17.3 Å². The minimum absolute atomic E-state index is 0.251. The molecule has 1 aromatic carbocycles. The number of rotatable bonds is 7. The summed E-state index contributed by atoms with van der Waals surface area (Å²) in [6.45, 7) is 7.95. The highest BCUT2D eigenvalue weighted by Gasteiger charge is 2.50. The lowest BCUT2D eigenvalue weighted by atomic mass is 9.98. The Balaban J connectivity index is 1.18. The number of benzene rings is 1. The molecule has 6 rings (SSSR count). The standard InChI is InChI=1S/C29H33FN6O3/c1-18(29(30)12-13-29)39-21-8-5-19(6-9-21)16-35-17-20-7-10-22(32-25(20)28(35,2)3)26-31-15-24(34(26)4)36-14-11-23(37)33-27(36)38/h5-10,15,18H,11-14,16-17H2,1-4H3,(H,33,37,38). The van der Waals surface area contributed by atoms with Gasteiger partial charge in [0.2, 0.25) is 5.91 Å². The number of hydrogen-bond acceptors (Lipinski definition) is 6. The number of hydrogen-bond donors (Lipinski definition) is 1. The van der Waals surface area contributed by atoms with Gasteiger partial charge < -0.3 is 9.30 Å². The lowest BCUT2D eigenvalue weighted by Gasteiger charge is -2.31. The highest BCUT2D eigenvalue weighted by atomic mass is 19.1. The van der Waals surface area contributed by atoms with Gasteiger partial charge in [-0.25, -0.2) is 19.2 Å². The number of imide groups is 1. The Labute approximate surface area is 227 Å².